The molecule has 0 heterocycles. The Hall–Kier alpha value is -3.87. The van der Waals surface area contributed by atoms with E-state index in [9.17, 15) is 39.5 Å². The Morgan fingerprint density at radius 1 is 0.829 bits per heavy atom. The molecule has 0 aromatic heterocycles. The molecule has 1 aromatic carbocycles. The monoisotopic (exact) mass is 582 g/mol. The van der Waals surface area contributed by atoms with E-state index in [1.54, 1.807) is 30.3 Å². The van der Waals surface area contributed by atoms with E-state index in [2.05, 4.69) is 23.2 Å². The van der Waals surface area contributed by atoms with Crippen molar-refractivity contribution in [1.29, 1.82) is 0 Å². The smallest absolute Gasteiger partial charge is 0.410 e. The van der Waals surface area contributed by atoms with Gasteiger partial charge in [-0.15, -0.1) is 6.58 Å². The highest BCUT2D eigenvalue weighted by Gasteiger charge is 2.51. The fourth-order valence-electron chi connectivity index (χ4n) is 4.40. The minimum Gasteiger partial charge on any atom is -0.432 e. The van der Waals surface area contributed by atoms with E-state index in [0.29, 0.717) is 36.3 Å². The minimum atomic E-state index is -4.55. The predicted molar refractivity (Wildman–Crippen MR) is 137 cm³/mol. The van der Waals surface area contributed by atoms with Gasteiger partial charge in [0.1, 0.15) is 47.4 Å². The lowest BCUT2D eigenvalue weighted by molar-refractivity contribution is -0.250. The topological polar surface area (TPSA) is 9.23 Å². The van der Waals surface area contributed by atoms with Gasteiger partial charge in [-0.3, -0.25) is 0 Å². The Morgan fingerprint density at radius 3 is 2.15 bits per heavy atom. The van der Waals surface area contributed by atoms with Crippen molar-refractivity contribution in [2.45, 2.75) is 43.6 Å². The van der Waals surface area contributed by atoms with E-state index in [-0.39, 0.29) is 11.1 Å². The number of benzene rings is 1. The van der Waals surface area contributed by atoms with Gasteiger partial charge in [0.15, 0.2) is 12.3 Å². The predicted octanol–water partition coefficient (Wildman–Crippen LogP) is 8.80. The summed E-state index contributed by atoms with van der Waals surface area (Å²) >= 11 is 0. The van der Waals surface area contributed by atoms with E-state index >= 15 is 0 Å². The second-order valence-electron chi connectivity index (χ2n) is 9.55. The lowest BCUT2D eigenvalue weighted by Crippen LogP contribution is -2.39. The highest BCUT2D eigenvalue weighted by molar-refractivity contribution is 5.76. The van der Waals surface area contributed by atoms with Crippen LogP contribution in [0.25, 0.3) is 5.57 Å². The number of hydrogen-bond acceptors (Lipinski definition) is 1. The van der Waals surface area contributed by atoms with Crippen molar-refractivity contribution < 1.29 is 44.3 Å². The van der Waals surface area contributed by atoms with Gasteiger partial charge in [0.25, 0.3) is 0 Å². The number of hydrogen-bond donors (Lipinski definition) is 0. The van der Waals surface area contributed by atoms with Crippen molar-refractivity contribution >= 4 is 5.57 Å². The molecule has 1 nitrogen and oxygen atoms in total. The van der Waals surface area contributed by atoms with Crippen LogP contribution in [-0.2, 0) is 11.2 Å². The highest BCUT2D eigenvalue weighted by Crippen LogP contribution is 2.44. The molecule has 0 radical (unpaired) electrons. The molecule has 216 valence electrons. The van der Waals surface area contributed by atoms with Gasteiger partial charge in [-0.25, -0.2) is 30.7 Å². The maximum atomic E-state index is 14.9. The summed E-state index contributed by atoms with van der Waals surface area (Å²) in [6.07, 6.45) is -7.58. The standard InChI is InChI=1S/C31H23F9O/c1-2-3-4-17-5-8-19(9-6-17)20-13-25(34)29(26(35)14-20)31(39,40)41-21-15-23(32)22(24(33)16-21)10-7-18-11-27(36)30(38)28(37)12-18/h2,5-6,8-9,11-16,22-23,25,27,29-30H,1,3-4H2. The molecule has 6 unspecified atom stereocenters. The number of rotatable bonds is 7. The second-order valence-corrected chi connectivity index (χ2v) is 9.55. The summed E-state index contributed by atoms with van der Waals surface area (Å²) in [4.78, 5) is 0. The average Bonchev–Trinajstić information content (AvgIpc) is 2.89. The van der Waals surface area contributed by atoms with Gasteiger partial charge in [0, 0.05) is 11.6 Å². The molecule has 0 spiro atoms. The van der Waals surface area contributed by atoms with Crippen LogP contribution in [0.5, 0.6) is 0 Å². The van der Waals surface area contributed by atoms with Crippen LogP contribution >= 0.6 is 0 Å². The molecule has 1 aromatic rings. The Balaban J connectivity index is 1.46. The SMILES string of the molecule is C=CCCc1ccc(C2=CC(F)C(C(F)(F)OC3=CC(F)C(C#CC4=CC(F)C(F)C(F)=C4)C(F)=C3)C(F)=C2)cc1. The maximum absolute atomic E-state index is 14.9. The van der Waals surface area contributed by atoms with Gasteiger partial charge in [0.05, 0.1) is 0 Å². The number of halogens is 9. The molecular formula is C31H23F9O. The van der Waals surface area contributed by atoms with Crippen LogP contribution in [0.3, 0.4) is 0 Å². The molecule has 41 heavy (non-hydrogen) atoms. The zero-order valence-electron chi connectivity index (χ0n) is 21.2. The fraction of sp³-hybridized carbons (Fsp3) is 0.290. The van der Waals surface area contributed by atoms with Gasteiger partial charge in [-0.05, 0) is 59.9 Å². The van der Waals surface area contributed by atoms with Crippen molar-refractivity contribution in [3.05, 3.63) is 113 Å². The van der Waals surface area contributed by atoms with Crippen molar-refractivity contribution in [3.8, 4) is 11.8 Å². The van der Waals surface area contributed by atoms with Crippen LogP contribution < -0.4 is 0 Å². The van der Waals surface area contributed by atoms with E-state index in [0.717, 1.165) is 24.1 Å². The van der Waals surface area contributed by atoms with Crippen LogP contribution in [0.2, 0.25) is 0 Å². The van der Waals surface area contributed by atoms with Crippen molar-refractivity contribution in [2.24, 2.45) is 11.8 Å². The summed E-state index contributed by atoms with van der Waals surface area (Å²) in [6.45, 7) is 3.63. The second kappa shape index (κ2) is 12.3. The summed E-state index contributed by atoms with van der Waals surface area (Å²) in [6, 6.07) is 6.68. The zero-order valence-corrected chi connectivity index (χ0v) is 21.2. The van der Waals surface area contributed by atoms with Gasteiger partial charge in [-0.2, -0.15) is 8.78 Å². The summed E-state index contributed by atoms with van der Waals surface area (Å²) in [5.74, 6) is -5.78. The van der Waals surface area contributed by atoms with Crippen LogP contribution in [0, 0.1) is 23.7 Å². The first-order chi connectivity index (χ1) is 19.4. The quantitative estimate of drug-likeness (QED) is 0.177. The molecule has 10 heteroatoms. The Kier molecular flexibility index (Phi) is 9.05. The van der Waals surface area contributed by atoms with Crippen molar-refractivity contribution in [1.82, 2.24) is 0 Å². The Labute approximate surface area is 230 Å². The Morgan fingerprint density at radius 2 is 1.54 bits per heavy atom. The summed E-state index contributed by atoms with van der Waals surface area (Å²) in [5, 5.41) is 0. The molecule has 6 atom stereocenters. The number of allylic oxidation sites excluding steroid dienone is 11. The van der Waals surface area contributed by atoms with E-state index < -0.39 is 65.9 Å². The molecule has 4 rings (SSSR count). The van der Waals surface area contributed by atoms with Crippen molar-refractivity contribution in [3.63, 3.8) is 0 Å². The largest absolute Gasteiger partial charge is 0.432 e. The highest BCUT2D eigenvalue weighted by atomic mass is 19.3. The van der Waals surface area contributed by atoms with Crippen LogP contribution in [0.15, 0.2) is 102 Å². The lowest BCUT2D eigenvalue weighted by atomic mass is 9.89. The average molecular weight is 583 g/mol. The molecular weight excluding hydrogens is 559 g/mol. The molecule has 0 fully saturated rings. The van der Waals surface area contributed by atoms with E-state index in [1.807, 2.05) is 0 Å². The van der Waals surface area contributed by atoms with Gasteiger partial charge >= 0.3 is 6.11 Å². The molecule has 0 saturated heterocycles. The Bertz CT molecular complexity index is 1420. The maximum Gasteiger partial charge on any atom is 0.410 e. The lowest BCUT2D eigenvalue weighted by Gasteiger charge is -2.31. The summed E-state index contributed by atoms with van der Waals surface area (Å²) < 4.78 is 133. The summed E-state index contributed by atoms with van der Waals surface area (Å²) in [5.41, 5.74) is 1.01. The first-order valence-corrected chi connectivity index (χ1v) is 12.5. The molecule has 3 aliphatic rings. The van der Waals surface area contributed by atoms with Gasteiger partial charge in [0.2, 0.25) is 0 Å². The molecule has 0 aliphatic heterocycles. The van der Waals surface area contributed by atoms with E-state index in [1.165, 1.54) is 0 Å². The molecule has 0 saturated carbocycles. The van der Waals surface area contributed by atoms with Gasteiger partial charge < -0.3 is 4.74 Å². The normalized spacial score (nSPS) is 28.1. The summed E-state index contributed by atoms with van der Waals surface area (Å²) in [7, 11) is 0. The molecule has 0 amide bonds. The van der Waals surface area contributed by atoms with Crippen molar-refractivity contribution in [2.75, 3.05) is 0 Å². The van der Waals surface area contributed by atoms with Crippen LogP contribution in [0.1, 0.15) is 17.5 Å². The van der Waals surface area contributed by atoms with Crippen LogP contribution in [0.4, 0.5) is 39.5 Å². The zero-order chi connectivity index (χ0) is 29.9. The number of ether oxygens (including phenoxy) is 1. The number of aryl methyl sites for hydroxylation is 1. The molecule has 0 bridgehead atoms. The third-order valence-electron chi connectivity index (χ3n) is 6.55. The molecule has 0 N–H and O–H groups in total. The van der Waals surface area contributed by atoms with Gasteiger partial charge in [-0.1, -0.05) is 42.2 Å². The number of alkyl halides is 6. The molecule has 3 aliphatic carbocycles. The third kappa shape index (κ3) is 6.89. The first-order valence-electron chi connectivity index (χ1n) is 12.5. The first kappa shape index (κ1) is 30.1. The fourth-order valence-corrected chi connectivity index (χ4v) is 4.40. The van der Waals surface area contributed by atoms with Crippen LogP contribution in [-0.4, -0.2) is 30.8 Å². The minimum absolute atomic E-state index is 0.0364. The van der Waals surface area contributed by atoms with E-state index in [4.69, 9.17) is 0 Å². The third-order valence-corrected chi connectivity index (χ3v) is 6.55.